The lowest BCUT2D eigenvalue weighted by molar-refractivity contribution is -0.139. The van der Waals surface area contributed by atoms with Gasteiger partial charge in [-0.15, -0.1) is 0 Å². The van der Waals surface area contributed by atoms with Crippen molar-refractivity contribution in [1.29, 1.82) is 0 Å². The summed E-state index contributed by atoms with van der Waals surface area (Å²) in [6.07, 6.45) is 1.89. The van der Waals surface area contributed by atoms with Crippen molar-refractivity contribution in [3.05, 3.63) is 64.1 Å². The third-order valence-electron chi connectivity index (χ3n) is 4.97. The molecule has 0 heterocycles. The second-order valence-corrected chi connectivity index (χ2v) is 10.1. The number of hydrogen-bond acceptors (Lipinski definition) is 4. The molecule has 2 aromatic rings. The Balaban J connectivity index is 2.36. The predicted octanol–water partition coefficient (Wildman–Crippen LogP) is 2.94. The number of rotatable bonds is 9. The highest BCUT2D eigenvalue weighted by Gasteiger charge is 2.29. The number of likely N-dealkylation sites (N-methyl/N-ethyl adjacent to an activating group) is 1. The molecule has 9 heteroatoms. The normalized spacial score (nSPS) is 12.2. The number of anilines is 1. The molecule has 1 N–H and O–H groups in total. The van der Waals surface area contributed by atoms with E-state index < -0.39 is 28.5 Å². The highest BCUT2D eigenvalue weighted by Crippen LogP contribution is 2.20. The van der Waals surface area contributed by atoms with Crippen molar-refractivity contribution in [2.24, 2.45) is 0 Å². The van der Waals surface area contributed by atoms with Gasteiger partial charge in [0, 0.05) is 18.1 Å². The van der Waals surface area contributed by atoms with Crippen molar-refractivity contribution in [3.8, 4) is 0 Å². The van der Waals surface area contributed by atoms with Crippen LogP contribution in [0.15, 0.2) is 53.0 Å². The van der Waals surface area contributed by atoms with Crippen LogP contribution in [0.1, 0.15) is 25.0 Å². The first-order chi connectivity index (χ1) is 14.6. The van der Waals surface area contributed by atoms with E-state index in [9.17, 15) is 18.0 Å². The molecule has 0 unspecified atom stereocenters. The Morgan fingerprint density at radius 2 is 1.74 bits per heavy atom. The molecule has 0 radical (unpaired) electrons. The number of benzene rings is 2. The van der Waals surface area contributed by atoms with Crippen LogP contribution in [0.3, 0.4) is 0 Å². The summed E-state index contributed by atoms with van der Waals surface area (Å²) in [5.74, 6) is -0.803. The molecule has 1 atom stereocenters. The molecule has 0 spiro atoms. The van der Waals surface area contributed by atoms with E-state index in [1.165, 1.54) is 11.9 Å². The number of carbonyl (C=O) groups is 2. The Kier molecular flexibility index (Phi) is 8.64. The maximum atomic E-state index is 13.3. The summed E-state index contributed by atoms with van der Waals surface area (Å²) in [4.78, 5) is 27.0. The van der Waals surface area contributed by atoms with E-state index in [-0.39, 0.29) is 12.5 Å². The van der Waals surface area contributed by atoms with E-state index in [2.05, 4.69) is 21.2 Å². The lowest BCUT2D eigenvalue weighted by Crippen LogP contribution is -2.50. The van der Waals surface area contributed by atoms with Crippen LogP contribution in [0.25, 0.3) is 0 Å². The predicted molar refractivity (Wildman–Crippen MR) is 126 cm³/mol. The zero-order chi connectivity index (χ0) is 23.2. The number of nitrogens with one attached hydrogen (secondary N) is 1. The summed E-state index contributed by atoms with van der Waals surface area (Å²) in [5.41, 5.74) is 2.28. The Morgan fingerprint density at radius 3 is 2.26 bits per heavy atom. The van der Waals surface area contributed by atoms with Crippen LogP contribution >= 0.6 is 15.9 Å². The Labute approximate surface area is 192 Å². The SMILES string of the molecule is CCc1ccc(N(CC(=O)N(Cc2cccc(Br)c2)[C@@H](C)C(=O)NC)S(C)(=O)=O)cc1. The highest BCUT2D eigenvalue weighted by molar-refractivity contribution is 9.10. The fraction of sp³-hybridized carbons (Fsp3) is 0.364. The molecule has 0 bridgehead atoms. The van der Waals surface area contributed by atoms with Gasteiger partial charge in [0.15, 0.2) is 0 Å². The molecule has 0 saturated carbocycles. The van der Waals surface area contributed by atoms with Crippen LogP contribution in [0.5, 0.6) is 0 Å². The molecule has 2 rings (SSSR count). The molecule has 0 saturated heterocycles. The van der Waals surface area contributed by atoms with Crippen molar-refractivity contribution < 1.29 is 18.0 Å². The summed E-state index contributed by atoms with van der Waals surface area (Å²) in [6.45, 7) is 3.39. The summed E-state index contributed by atoms with van der Waals surface area (Å²) < 4.78 is 26.9. The second-order valence-electron chi connectivity index (χ2n) is 7.23. The van der Waals surface area contributed by atoms with Crippen molar-refractivity contribution in [1.82, 2.24) is 10.2 Å². The van der Waals surface area contributed by atoms with Gasteiger partial charge >= 0.3 is 0 Å². The van der Waals surface area contributed by atoms with Gasteiger partial charge < -0.3 is 10.2 Å². The number of amides is 2. The summed E-state index contributed by atoms with van der Waals surface area (Å²) in [7, 11) is -2.22. The average Bonchev–Trinajstić information content (AvgIpc) is 2.74. The van der Waals surface area contributed by atoms with E-state index >= 15 is 0 Å². The molecule has 2 aromatic carbocycles. The van der Waals surface area contributed by atoms with E-state index in [0.717, 1.165) is 32.6 Å². The van der Waals surface area contributed by atoms with E-state index in [4.69, 9.17) is 0 Å². The largest absolute Gasteiger partial charge is 0.357 e. The van der Waals surface area contributed by atoms with Gasteiger partial charge in [0.2, 0.25) is 21.8 Å². The van der Waals surface area contributed by atoms with Gasteiger partial charge in [-0.3, -0.25) is 13.9 Å². The Bertz CT molecular complexity index is 1030. The minimum absolute atomic E-state index is 0.166. The monoisotopic (exact) mass is 509 g/mol. The number of hydrogen-bond donors (Lipinski definition) is 1. The topological polar surface area (TPSA) is 86.8 Å². The number of halogens is 1. The standard InChI is InChI=1S/C22H28BrN3O4S/c1-5-17-9-11-20(12-10-17)26(31(4,29)30)15-21(27)25(16(2)22(28)24-3)14-18-7-6-8-19(23)13-18/h6-13,16H,5,14-15H2,1-4H3,(H,24,28)/t16-/m0/s1. The summed E-state index contributed by atoms with van der Waals surface area (Å²) in [6, 6.07) is 13.7. The summed E-state index contributed by atoms with van der Waals surface area (Å²) >= 11 is 3.41. The minimum Gasteiger partial charge on any atom is -0.357 e. The first-order valence-electron chi connectivity index (χ1n) is 9.89. The first kappa shape index (κ1) is 24.9. The van der Waals surface area contributed by atoms with Gasteiger partial charge in [-0.05, 0) is 48.7 Å². The van der Waals surface area contributed by atoms with Gasteiger partial charge in [0.25, 0.3) is 0 Å². The fourth-order valence-corrected chi connectivity index (χ4v) is 4.43. The molecule has 0 aliphatic heterocycles. The molecule has 0 aromatic heterocycles. The van der Waals surface area contributed by atoms with Crippen molar-refractivity contribution >= 4 is 43.5 Å². The molecule has 31 heavy (non-hydrogen) atoms. The van der Waals surface area contributed by atoms with Gasteiger partial charge in [-0.2, -0.15) is 0 Å². The van der Waals surface area contributed by atoms with Crippen LogP contribution in [0.2, 0.25) is 0 Å². The Hall–Kier alpha value is -2.39. The van der Waals surface area contributed by atoms with Crippen LogP contribution in [-0.4, -0.2) is 51.0 Å². The van der Waals surface area contributed by atoms with Crippen molar-refractivity contribution in [3.63, 3.8) is 0 Å². The van der Waals surface area contributed by atoms with E-state index in [1.54, 1.807) is 19.1 Å². The second kappa shape index (κ2) is 10.8. The van der Waals surface area contributed by atoms with Gasteiger partial charge in [-0.25, -0.2) is 8.42 Å². The molecule has 0 fully saturated rings. The molecule has 7 nitrogen and oxygen atoms in total. The van der Waals surface area contributed by atoms with Crippen LogP contribution < -0.4 is 9.62 Å². The highest BCUT2D eigenvalue weighted by atomic mass is 79.9. The molecule has 0 aliphatic rings. The number of sulfonamides is 1. The van der Waals surface area contributed by atoms with E-state index in [0.29, 0.717) is 5.69 Å². The molecule has 2 amide bonds. The lowest BCUT2D eigenvalue weighted by Gasteiger charge is -2.31. The van der Waals surface area contributed by atoms with Gasteiger partial charge in [-0.1, -0.05) is 47.1 Å². The third kappa shape index (κ3) is 6.80. The first-order valence-corrected chi connectivity index (χ1v) is 12.5. The molecule has 0 aliphatic carbocycles. The smallest absolute Gasteiger partial charge is 0.244 e. The average molecular weight is 510 g/mol. The quantitative estimate of drug-likeness (QED) is 0.562. The lowest BCUT2D eigenvalue weighted by atomic mass is 10.1. The zero-order valence-corrected chi connectivity index (χ0v) is 20.5. The van der Waals surface area contributed by atoms with Crippen LogP contribution in [-0.2, 0) is 32.6 Å². The summed E-state index contributed by atoms with van der Waals surface area (Å²) in [5, 5.41) is 2.55. The van der Waals surface area contributed by atoms with Crippen LogP contribution in [0.4, 0.5) is 5.69 Å². The van der Waals surface area contributed by atoms with Crippen LogP contribution in [0, 0.1) is 0 Å². The Morgan fingerprint density at radius 1 is 1.10 bits per heavy atom. The number of carbonyl (C=O) groups excluding carboxylic acids is 2. The number of nitrogens with zero attached hydrogens (tertiary/aromatic N) is 2. The van der Waals surface area contributed by atoms with Gasteiger partial charge in [0.05, 0.1) is 11.9 Å². The van der Waals surface area contributed by atoms with Crippen molar-refractivity contribution in [2.75, 3.05) is 24.2 Å². The fourth-order valence-electron chi connectivity index (χ4n) is 3.14. The molecular weight excluding hydrogens is 482 g/mol. The third-order valence-corrected chi connectivity index (χ3v) is 6.60. The maximum absolute atomic E-state index is 13.3. The zero-order valence-electron chi connectivity index (χ0n) is 18.1. The maximum Gasteiger partial charge on any atom is 0.244 e. The van der Waals surface area contributed by atoms with Gasteiger partial charge in [0.1, 0.15) is 12.6 Å². The molecule has 168 valence electrons. The molecular formula is C22H28BrN3O4S. The number of aryl methyl sites for hydroxylation is 1. The minimum atomic E-state index is -3.72. The van der Waals surface area contributed by atoms with Crippen molar-refractivity contribution in [2.45, 2.75) is 32.9 Å². The van der Waals surface area contributed by atoms with E-state index in [1.807, 2.05) is 43.3 Å².